The van der Waals surface area contributed by atoms with Crippen molar-refractivity contribution in [2.75, 3.05) is 7.11 Å². The van der Waals surface area contributed by atoms with E-state index in [4.69, 9.17) is 4.74 Å². The molecule has 1 N–H and O–H groups in total. The summed E-state index contributed by atoms with van der Waals surface area (Å²) in [5, 5.41) is 14.3. The van der Waals surface area contributed by atoms with Crippen LogP contribution in [-0.2, 0) is 9.47 Å². The maximum atomic E-state index is 11.5. The van der Waals surface area contributed by atoms with Gasteiger partial charge in [0.2, 0.25) is 0 Å². The summed E-state index contributed by atoms with van der Waals surface area (Å²) in [5.74, 6) is -0.686. The Morgan fingerprint density at radius 3 is 2.50 bits per heavy atom. The minimum atomic E-state index is -0.933. The van der Waals surface area contributed by atoms with Crippen LogP contribution in [0.3, 0.4) is 0 Å². The first-order chi connectivity index (χ1) is 10.5. The van der Waals surface area contributed by atoms with E-state index in [9.17, 15) is 14.9 Å². The van der Waals surface area contributed by atoms with Gasteiger partial charge < -0.3 is 14.8 Å². The highest BCUT2D eigenvalue weighted by Crippen LogP contribution is 2.38. The summed E-state index contributed by atoms with van der Waals surface area (Å²) in [5.41, 5.74) is 1.41. The first kappa shape index (κ1) is 15.5. The van der Waals surface area contributed by atoms with E-state index in [1.165, 1.54) is 19.5 Å². The molecule has 0 aliphatic carbocycles. The van der Waals surface area contributed by atoms with Gasteiger partial charge in [-0.2, -0.15) is 0 Å². The van der Waals surface area contributed by atoms with Gasteiger partial charge in [0.15, 0.2) is 0 Å². The Kier molecular flexibility index (Phi) is 4.40. The zero-order valence-electron chi connectivity index (χ0n) is 12.3. The molecule has 8 heteroatoms. The van der Waals surface area contributed by atoms with Crippen LogP contribution in [0.25, 0.3) is 0 Å². The number of carbonyl (C=O) groups excluding carboxylic acids is 1. The number of ether oxygens (including phenoxy) is 2. The van der Waals surface area contributed by atoms with Gasteiger partial charge in [0.05, 0.1) is 23.4 Å². The third-order valence-electron chi connectivity index (χ3n) is 3.26. The van der Waals surface area contributed by atoms with Crippen molar-refractivity contribution in [3.8, 4) is 0 Å². The molecule has 2 heterocycles. The van der Waals surface area contributed by atoms with E-state index >= 15 is 0 Å². The summed E-state index contributed by atoms with van der Waals surface area (Å²) in [6, 6.07) is 3.28. The molecule has 22 heavy (non-hydrogen) atoms. The van der Waals surface area contributed by atoms with Gasteiger partial charge in [-0.25, -0.2) is 4.79 Å². The summed E-state index contributed by atoms with van der Waals surface area (Å²) < 4.78 is 9.63. The number of allylic oxidation sites excluding steroid dienone is 2. The van der Waals surface area contributed by atoms with E-state index in [1.807, 2.05) is 0 Å². The lowest BCUT2D eigenvalue weighted by Crippen LogP contribution is -2.29. The lowest BCUT2D eigenvalue weighted by molar-refractivity contribution is -0.431. The fraction of sp³-hybridized carbons (Fsp3) is 0.286. The van der Waals surface area contributed by atoms with Crippen LogP contribution >= 0.6 is 0 Å². The van der Waals surface area contributed by atoms with E-state index in [2.05, 4.69) is 15.0 Å². The van der Waals surface area contributed by atoms with E-state index in [-0.39, 0.29) is 11.5 Å². The number of carbonyl (C=O) groups is 1. The van der Waals surface area contributed by atoms with Crippen molar-refractivity contribution in [1.29, 1.82) is 0 Å². The molecule has 0 saturated heterocycles. The van der Waals surface area contributed by atoms with Crippen molar-refractivity contribution in [3.05, 3.63) is 63.1 Å². The van der Waals surface area contributed by atoms with Crippen LogP contribution in [0.15, 0.2) is 47.4 Å². The number of pyridine rings is 1. The standard InChI is InChI=1S/C14H15N3O5/c1-8-12(17(19)20)11(10-4-6-15-7-5-10)13(9(2)16-8)22-14(18)21-3/h4-7,11,16H,1-3H3. The van der Waals surface area contributed by atoms with Crippen LogP contribution in [0.2, 0.25) is 0 Å². The Balaban J connectivity index is 2.56. The zero-order chi connectivity index (χ0) is 16.3. The van der Waals surface area contributed by atoms with E-state index in [0.29, 0.717) is 17.0 Å². The van der Waals surface area contributed by atoms with Crippen molar-refractivity contribution in [2.24, 2.45) is 0 Å². The average molecular weight is 305 g/mol. The van der Waals surface area contributed by atoms with Crippen LogP contribution in [0.5, 0.6) is 0 Å². The number of nitrogens with zero attached hydrogens (tertiary/aromatic N) is 2. The Labute approximate surface area is 126 Å². The number of dihydropyridines is 1. The second-order valence-electron chi connectivity index (χ2n) is 4.65. The molecular weight excluding hydrogens is 290 g/mol. The molecule has 0 amide bonds. The number of aromatic nitrogens is 1. The van der Waals surface area contributed by atoms with Crippen molar-refractivity contribution < 1.29 is 19.2 Å². The Morgan fingerprint density at radius 2 is 1.95 bits per heavy atom. The summed E-state index contributed by atoms with van der Waals surface area (Å²) in [6.07, 6.45) is 2.11. The van der Waals surface area contributed by atoms with Gasteiger partial charge in [0, 0.05) is 12.4 Å². The molecule has 0 bridgehead atoms. The monoisotopic (exact) mass is 305 g/mol. The molecule has 0 fully saturated rings. The van der Waals surface area contributed by atoms with Gasteiger partial charge in [-0.05, 0) is 31.5 Å². The third-order valence-corrected chi connectivity index (χ3v) is 3.26. The molecular formula is C14H15N3O5. The van der Waals surface area contributed by atoms with Crippen molar-refractivity contribution in [3.63, 3.8) is 0 Å². The van der Waals surface area contributed by atoms with Crippen LogP contribution in [0, 0.1) is 10.1 Å². The Morgan fingerprint density at radius 1 is 1.32 bits per heavy atom. The normalized spacial score (nSPS) is 17.9. The highest BCUT2D eigenvalue weighted by atomic mass is 16.7. The second-order valence-corrected chi connectivity index (χ2v) is 4.65. The van der Waals surface area contributed by atoms with Gasteiger partial charge >= 0.3 is 6.16 Å². The quantitative estimate of drug-likeness (QED) is 0.519. The summed E-state index contributed by atoms with van der Waals surface area (Å²) in [6.45, 7) is 3.28. The van der Waals surface area contributed by atoms with Gasteiger partial charge in [0.1, 0.15) is 11.7 Å². The van der Waals surface area contributed by atoms with Crippen molar-refractivity contribution >= 4 is 6.16 Å². The third kappa shape index (κ3) is 2.90. The SMILES string of the molecule is COC(=O)OC1=C(C)NC(C)=C([N+](=O)[O-])C1c1ccncc1. The minimum Gasteiger partial charge on any atom is -0.437 e. The van der Waals surface area contributed by atoms with E-state index in [0.717, 1.165) is 0 Å². The fourth-order valence-corrected chi connectivity index (χ4v) is 2.34. The number of rotatable bonds is 3. The van der Waals surface area contributed by atoms with Crippen LogP contribution in [0.1, 0.15) is 25.3 Å². The van der Waals surface area contributed by atoms with Crippen LogP contribution in [-0.4, -0.2) is 23.2 Å². The Bertz CT molecular complexity index is 666. The van der Waals surface area contributed by atoms with E-state index < -0.39 is 17.0 Å². The number of hydrogen-bond donors (Lipinski definition) is 1. The lowest BCUT2D eigenvalue weighted by atomic mass is 9.90. The first-order valence-electron chi connectivity index (χ1n) is 6.44. The molecule has 0 aromatic carbocycles. The Hall–Kier alpha value is -2.90. The molecule has 2 rings (SSSR count). The first-order valence-corrected chi connectivity index (χ1v) is 6.44. The average Bonchev–Trinajstić information content (AvgIpc) is 2.49. The van der Waals surface area contributed by atoms with Gasteiger partial charge in [-0.15, -0.1) is 0 Å². The summed E-state index contributed by atoms with van der Waals surface area (Å²) in [7, 11) is 1.17. The molecule has 116 valence electrons. The molecule has 1 aliphatic rings. The van der Waals surface area contributed by atoms with Crippen molar-refractivity contribution in [2.45, 2.75) is 19.8 Å². The fourth-order valence-electron chi connectivity index (χ4n) is 2.34. The highest BCUT2D eigenvalue weighted by Gasteiger charge is 2.39. The zero-order valence-corrected chi connectivity index (χ0v) is 12.3. The number of methoxy groups -OCH3 is 1. The molecule has 1 aromatic rings. The number of hydrogen-bond acceptors (Lipinski definition) is 7. The van der Waals surface area contributed by atoms with E-state index in [1.54, 1.807) is 26.0 Å². The molecule has 0 saturated carbocycles. The lowest BCUT2D eigenvalue weighted by Gasteiger charge is -2.26. The smallest absolute Gasteiger partial charge is 0.437 e. The minimum absolute atomic E-state index is 0.0873. The second kappa shape index (κ2) is 6.25. The van der Waals surface area contributed by atoms with Crippen LogP contribution in [0.4, 0.5) is 4.79 Å². The van der Waals surface area contributed by atoms with Crippen molar-refractivity contribution in [1.82, 2.24) is 10.3 Å². The molecule has 8 nitrogen and oxygen atoms in total. The number of nitro groups is 1. The molecule has 1 unspecified atom stereocenters. The topological polar surface area (TPSA) is 104 Å². The van der Waals surface area contributed by atoms with Crippen LogP contribution < -0.4 is 5.32 Å². The predicted octanol–water partition coefficient (Wildman–Crippen LogP) is 2.29. The van der Waals surface area contributed by atoms with Gasteiger partial charge in [0.25, 0.3) is 5.70 Å². The molecule has 0 radical (unpaired) electrons. The molecule has 0 spiro atoms. The highest BCUT2D eigenvalue weighted by molar-refractivity contribution is 5.62. The summed E-state index contributed by atoms with van der Waals surface area (Å²) in [4.78, 5) is 26.3. The van der Waals surface area contributed by atoms with Gasteiger partial charge in [-0.3, -0.25) is 15.1 Å². The molecule has 1 atom stereocenters. The number of nitrogens with one attached hydrogen (secondary N) is 1. The largest absolute Gasteiger partial charge is 0.513 e. The molecule has 1 aromatic heterocycles. The predicted molar refractivity (Wildman–Crippen MR) is 76.0 cm³/mol. The summed E-state index contributed by atoms with van der Waals surface area (Å²) >= 11 is 0. The molecule has 1 aliphatic heterocycles. The maximum Gasteiger partial charge on any atom is 0.513 e. The van der Waals surface area contributed by atoms with Gasteiger partial charge in [-0.1, -0.05) is 0 Å². The maximum absolute atomic E-state index is 11.5.